The summed E-state index contributed by atoms with van der Waals surface area (Å²) in [7, 11) is -0.461. The van der Waals surface area contributed by atoms with Gasteiger partial charge in [0, 0.05) is 52.0 Å². The van der Waals surface area contributed by atoms with Crippen LogP contribution >= 0.6 is 12.0 Å². The molecule has 0 saturated heterocycles. The van der Waals surface area contributed by atoms with Crippen LogP contribution in [0, 0.1) is 5.92 Å². The van der Waals surface area contributed by atoms with Gasteiger partial charge in [0.05, 0.1) is 34.4 Å². The van der Waals surface area contributed by atoms with Crippen molar-refractivity contribution in [3.05, 3.63) is 95.2 Å². The lowest BCUT2D eigenvalue weighted by Crippen LogP contribution is -2.46. The number of carbonyl (C=O) groups is 1. The Balaban J connectivity index is 1.20. The number of ketones is 1. The van der Waals surface area contributed by atoms with Crippen molar-refractivity contribution < 1.29 is 42.1 Å². The van der Waals surface area contributed by atoms with E-state index in [1.54, 1.807) is 6.07 Å². The van der Waals surface area contributed by atoms with Crippen molar-refractivity contribution in [3.8, 4) is 0 Å². The molecule has 3 N–H and O–H groups in total. The first-order chi connectivity index (χ1) is 22.6. The number of Topliss-reactive ketones (excluding diaryl/α,β-unsaturated/α-hetero) is 1. The Morgan fingerprint density at radius 2 is 1.60 bits per heavy atom. The number of aliphatic hydroxyl groups is 1. The van der Waals surface area contributed by atoms with Gasteiger partial charge in [-0.3, -0.25) is 9.35 Å². The van der Waals surface area contributed by atoms with Gasteiger partial charge >= 0.3 is 0 Å². The summed E-state index contributed by atoms with van der Waals surface area (Å²) in [4.78, 5) is 16.4. The van der Waals surface area contributed by atoms with Crippen LogP contribution in [0.4, 0.5) is 11.4 Å². The number of hydrogen-bond acceptors (Lipinski definition) is 9. The van der Waals surface area contributed by atoms with Crippen molar-refractivity contribution in [1.82, 2.24) is 0 Å². The molecule has 0 spiro atoms. The van der Waals surface area contributed by atoms with Crippen LogP contribution < -0.4 is 4.90 Å². The number of aliphatic hydroxyl groups excluding tert-OH is 1. The van der Waals surface area contributed by atoms with E-state index < -0.39 is 33.0 Å². The second kappa shape index (κ2) is 11.1. The van der Waals surface area contributed by atoms with Gasteiger partial charge in [-0.05, 0) is 77.4 Å². The van der Waals surface area contributed by atoms with Crippen LogP contribution in [0.5, 0.6) is 0 Å². The second-order valence-electron chi connectivity index (χ2n) is 13.6. The van der Waals surface area contributed by atoms with Crippen LogP contribution in [0.3, 0.4) is 0 Å². The van der Waals surface area contributed by atoms with E-state index >= 15 is 0 Å². The molecule has 2 unspecified atom stereocenters. The number of nitrogens with zero attached hydrogens (tertiary/aromatic N) is 2. The lowest BCUT2D eigenvalue weighted by atomic mass is 9.70. The van der Waals surface area contributed by atoms with Crippen molar-refractivity contribution in [2.75, 3.05) is 19.0 Å². The van der Waals surface area contributed by atoms with E-state index in [-0.39, 0.29) is 10.7 Å². The Morgan fingerprint density at radius 3 is 2.29 bits per heavy atom. The number of hydrogen-bond donors (Lipinski definition) is 3. The number of carbonyl (C=O) groups excluding carboxylic acids is 1. The summed E-state index contributed by atoms with van der Waals surface area (Å²) in [5.41, 5.74) is 5.09. The zero-order chi connectivity index (χ0) is 34.5. The SMILES string of the molecule is CN1C(=CC2C(=O)C(=CC3=[N+](C)c4ccc5cc(SOOO)ccc5c4C3(C)C)C2O)C(C)(C)c2c1ccc1cc(S(=O)(=O)O)ccc21. The summed E-state index contributed by atoms with van der Waals surface area (Å²) in [5.74, 6) is -0.859. The standard InChI is InChI=1S/C36H34N2O8S2/c1-35(2)29(37(5)27-13-7-19-15-21(47-46-45-41)9-11-23(19)31(27)35)17-25-33(39)26(34(25)40)18-30-36(3,4)32-24-12-10-22(48(42,43)44)16-20(24)8-14-28(32)38(30)6/h7-18,26,33,39H,1-6H3,(H-,41,42,43,44)/p+1. The van der Waals surface area contributed by atoms with E-state index in [4.69, 9.17) is 5.26 Å². The molecular weight excluding hydrogens is 653 g/mol. The zero-order valence-corrected chi connectivity index (χ0v) is 28.8. The molecule has 1 saturated carbocycles. The number of allylic oxidation sites excluding steroid dienone is 2. The zero-order valence-electron chi connectivity index (χ0n) is 27.2. The van der Waals surface area contributed by atoms with Gasteiger partial charge in [-0.1, -0.05) is 43.2 Å². The maximum absolute atomic E-state index is 13.8. The van der Waals surface area contributed by atoms with Crippen molar-refractivity contribution in [2.24, 2.45) is 5.92 Å². The first-order valence-corrected chi connectivity index (χ1v) is 17.5. The van der Waals surface area contributed by atoms with Gasteiger partial charge in [0.15, 0.2) is 11.5 Å². The average molecular weight is 688 g/mol. The fourth-order valence-corrected chi connectivity index (χ4v) is 8.83. The van der Waals surface area contributed by atoms with Crippen LogP contribution in [0.15, 0.2) is 93.9 Å². The van der Waals surface area contributed by atoms with Gasteiger partial charge in [0.2, 0.25) is 5.69 Å². The molecule has 2 heterocycles. The van der Waals surface area contributed by atoms with Gasteiger partial charge < -0.3 is 10.0 Å². The molecule has 248 valence electrons. The highest BCUT2D eigenvalue weighted by Gasteiger charge is 2.50. The third-order valence-corrected chi connectivity index (χ3v) is 11.7. The third kappa shape index (κ3) is 4.78. The molecule has 0 bridgehead atoms. The Hall–Kier alpha value is -3.88. The molecule has 3 aliphatic rings. The summed E-state index contributed by atoms with van der Waals surface area (Å²) in [5, 5.41) is 27.3. The van der Waals surface area contributed by atoms with E-state index in [2.05, 4.69) is 27.8 Å². The second-order valence-corrected chi connectivity index (χ2v) is 15.8. The molecule has 7 rings (SSSR count). The number of fused-ring (bicyclic) bond motifs is 6. The van der Waals surface area contributed by atoms with Gasteiger partial charge in [-0.15, -0.1) is 4.33 Å². The maximum atomic E-state index is 13.8. The molecule has 0 radical (unpaired) electrons. The molecule has 48 heavy (non-hydrogen) atoms. The van der Waals surface area contributed by atoms with Crippen molar-refractivity contribution in [1.29, 1.82) is 0 Å². The van der Waals surface area contributed by atoms with E-state index in [0.717, 1.165) is 67.0 Å². The van der Waals surface area contributed by atoms with Crippen LogP contribution in [-0.4, -0.2) is 59.6 Å². The predicted octanol–water partition coefficient (Wildman–Crippen LogP) is 6.47. The summed E-state index contributed by atoms with van der Waals surface area (Å²) >= 11 is 0.900. The molecule has 2 aliphatic heterocycles. The summed E-state index contributed by atoms with van der Waals surface area (Å²) in [6, 6.07) is 18.2. The average Bonchev–Trinajstić information content (AvgIpc) is 3.36. The number of rotatable bonds is 6. The molecular formula is C36H35N2O8S2+. The van der Waals surface area contributed by atoms with Gasteiger partial charge in [0.1, 0.15) is 7.05 Å². The highest BCUT2D eigenvalue weighted by molar-refractivity contribution is 7.94. The molecule has 0 amide bonds. The van der Waals surface area contributed by atoms with Crippen LogP contribution in [0.25, 0.3) is 21.5 Å². The largest absolute Gasteiger partial charge is 0.387 e. The Morgan fingerprint density at radius 1 is 0.938 bits per heavy atom. The van der Waals surface area contributed by atoms with Gasteiger partial charge in [0.25, 0.3) is 10.1 Å². The van der Waals surface area contributed by atoms with Crippen LogP contribution in [0.1, 0.15) is 38.8 Å². The lowest BCUT2D eigenvalue weighted by molar-refractivity contribution is -0.432. The molecule has 4 aromatic rings. The minimum atomic E-state index is -4.35. The summed E-state index contributed by atoms with van der Waals surface area (Å²) < 4.78 is 39.8. The van der Waals surface area contributed by atoms with E-state index in [9.17, 15) is 22.9 Å². The Bertz CT molecular complexity index is 2290. The first kappa shape index (κ1) is 32.7. The van der Waals surface area contributed by atoms with Crippen molar-refractivity contribution in [2.45, 2.75) is 54.4 Å². The van der Waals surface area contributed by atoms with E-state index in [1.807, 2.05) is 87.5 Å². The van der Waals surface area contributed by atoms with Crippen LogP contribution in [-0.2, 0) is 35.1 Å². The number of anilines is 1. The van der Waals surface area contributed by atoms with Crippen molar-refractivity contribution >= 4 is 66.6 Å². The minimum Gasteiger partial charge on any atom is -0.387 e. The highest BCUT2D eigenvalue weighted by atomic mass is 32.2. The first-order valence-electron chi connectivity index (χ1n) is 15.3. The van der Waals surface area contributed by atoms with Crippen molar-refractivity contribution in [3.63, 3.8) is 0 Å². The van der Waals surface area contributed by atoms with E-state index in [0.29, 0.717) is 11.0 Å². The van der Waals surface area contributed by atoms with E-state index in [1.165, 1.54) is 12.1 Å². The normalized spacial score (nSPS) is 23.0. The fourth-order valence-electron chi connectivity index (χ4n) is 7.90. The smallest absolute Gasteiger partial charge is 0.294 e. The Labute approximate surface area is 282 Å². The quantitative estimate of drug-likeness (QED) is 0.0517. The predicted molar refractivity (Wildman–Crippen MR) is 184 cm³/mol. The maximum Gasteiger partial charge on any atom is 0.294 e. The minimum absolute atomic E-state index is 0.136. The third-order valence-electron chi connectivity index (χ3n) is 10.2. The summed E-state index contributed by atoms with van der Waals surface area (Å²) in [6.45, 7) is 8.31. The molecule has 4 aromatic carbocycles. The molecule has 1 aliphatic carbocycles. The summed E-state index contributed by atoms with van der Waals surface area (Å²) in [6.07, 6.45) is 2.71. The molecule has 0 aromatic heterocycles. The Kier molecular flexibility index (Phi) is 7.53. The topological polar surface area (TPSA) is 137 Å². The number of likely N-dealkylation sites (N-methyl/N-ethyl adjacent to an activating group) is 1. The molecule has 2 atom stereocenters. The molecule has 1 fully saturated rings. The monoisotopic (exact) mass is 687 g/mol. The fraction of sp³-hybridized carbons (Fsp3) is 0.278. The van der Waals surface area contributed by atoms with Crippen LogP contribution in [0.2, 0.25) is 0 Å². The van der Waals surface area contributed by atoms with Gasteiger partial charge in [-0.25, -0.2) is 5.26 Å². The number of benzene rings is 4. The molecule has 10 nitrogen and oxygen atoms in total. The molecule has 12 heteroatoms. The highest BCUT2D eigenvalue weighted by Crippen LogP contribution is 2.52. The van der Waals surface area contributed by atoms with Gasteiger partial charge in [-0.2, -0.15) is 13.0 Å². The lowest BCUT2D eigenvalue weighted by Gasteiger charge is -2.35.